The van der Waals surface area contributed by atoms with Crippen molar-refractivity contribution in [3.8, 4) is 11.3 Å². The Morgan fingerprint density at radius 3 is 2.57 bits per heavy atom. The van der Waals surface area contributed by atoms with E-state index in [0.717, 1.165) is 35.8 Å². The number of amides is 2. The number of piperazine rings is 1. The molecule has 0 unspecified atom stereocenters. The summed E-state index contributed by atoms with van der Waals surface area (Å²) in [5.74, 6) is 0.253. The first-order valence-corrected chi connectivity index (χ1v) is 11.7. The Kier molecular flexibility index (Phi) is 6.61. The smallest absolute Gasteiger partial charge is 0.356 e. The van der Waals surface area contributed by atoms with Gasteiger partial charge in [0, 0.05) is 62.5 Å². The number of halogens is 3. The molecule has 0 bridgehead atoms. The van der Waals surface area contributed by atoms with Crippen LogP contribution in [-0.4, -0.2) is 64.0 Å². The first-order chi connectivity index (χ1) is 17.7. The minimum Gasteiger partial charge on any atom is -0.356 e. The molecule has 37 heavy (non-hydrogen) atoms. The van der Waals surface area contributed by atoms with Gasteiger partial charge in [-0.3, -0.25) is 14.9 Å². The summed E-state index contributed by atoms with van der Waals surface area (Å²) >= 11 is 0. The van der Waals surface area contributed by atoms with Crippen molar-refractivity contribution < 1.29 is 22.5 Å². The van der Waals surface area contributed by atoms with Crippen molar-refractivity contribution in [2.45, 2.75) is 12.7 Å². The van der Waals surface area contributed by atoms with E-state index < -0.39 is 17.8 Å². The van der Waals surface area contributed by atoms with E-state index in [-0.39, 0.29) is 23.6 Å². The summed E-state index contributed by atoms with van der Waals surface area (Å²) in [5.41, 5.74) is 1.68. The Labute approximate surface area is 210 Å². The number of benzene rings is 2. The lowest BCUT2D eigenvalue weighted by Gasteiger charge is -2.33. The second-order valence-corrected chi connectivity index (χ2v) is 9.15. The van der Waals surface area contributed by atoms with Crippen molar-refractivity contribution in [3.05, 3.63) is 59.8 Å². The Bertz CT molecular complexity index is 1420. The molecule has 5 rings (SSSR count). The van der Waals surface area contributed by atoms with Gasteiger partial charge in [0.15, 0.2) is 11.4 Å². The number of rotatable bonds is 5. The number of hydrogen-bond donors (Lipinski definition) is 2. The minimum atomic E-state index is -4.54. The average molecular weight is 514 g/mol. The largest absolute Gasteiger partial charge is 0.416 e. The van der Waals surface area contributed by atoms with Crippen LogP contribution in [-0.2, 0) is 19.8 Å². The highest BCUT2D eigenvalue weighted by atomic mass is 19.4. The molecule has 3 heterocycles. The molecule has 2 N–H and O–H groups in total. The van der Waals surface area contributed by atoms with Crippen LogP contribution in [0.2, 0.25) is 0 Å². The molecule has 0 spiro atoms. The number of fused-ring (bicyclic) bond motifs is 1. The molecule has 0 atom stereocenters. The summed E-state index contributed by atoms with van der Waals surface area (Å²) in [5, 5.41) is 14.0. The van der Waals surface area contributed by atoms with Crippen LogP contribution in [0.15, 0.2) is 53.2 Å². The molecular formula is C25H26F3N7O2. The summed E-state index contributed by atoms with van der Waals surface area (Å²) in [6, 6.07) is 10.4. The number of hydrogen-bond acceptors (Lipinski definition) is 6. The number of likely N-dealkylation sites (N-methyl/N-ethyl adjacent to an activating group) is 1. The zero-order valence-electron chi connectivity index (χ0n) is 20.3. The maximum absolute atomic E-state index is 13.8. The first kappa shape index (κ1) is 24.8. The Morgan fingerprint density at radius 1 is 1.03 bits per heavy atom. The molecule has 1 fully saturated rings. The molecule has 12 heteroatoms. The van der Waals surface area contributed by atoms with Crippen LogP contribution in [0.1, 0.15) is 11.1 Å². The van der Waals surface area contributed by atoms with E-state index in [9.17, 15) is 18.0 Å². The molecule has 0 radical (unpaired) electrons. The molecule has 0 aliphatic carbocycles. The number of anilines is 2. The Morgan fingerprint density at radius 2 is 1.81 bits per heavy atom. The van der Waals surface area contributed by atoms with Gasteiger partial charge in [-0.1, -0.05) is 11.2 Å². The normalized spacial score (nSPS) is 15.3. The van der Waals surface area contributed by atoms with E-state index in [1.165, 1.54) is 12.1 Å². The molecule has 9 nitrogen and oxygen atoms in total. The van der Waals surface area contributed by atoms with E-state index >= 15 is 0 Å². The number of alkyl halides is 3. The molecule has 1 aliphatic rings. The van der Waals surface area contributed by atoms with E-state index in [1.54, 1.807) is 30.1 Å². The SMILES string of the molecule is CN1CCN(Cc2ccc(NC(=O)Nc3cc(-c4ccc5oncc5c4)n(C)n3)cc2C(F)(F)F)CC1. The topological polar surface area (TPSA) is 91.5 Å². The number of urea groups is 1. The second-order valence-electron chi connectivity index (χ2n) is 9.15. The zero-order valence-corrected chi connectivity index (χ0v) is 20.3. The third-order valence-corrected chi connectivity index (χ3v) is 6.43. The van der Waals surface area contributed by atoms with Crippen LogP contribution in [0.3, 0.4) is 0 Å². The van der Waals surface area contributed by atoms with E-state index in [0.29, 0.717) is 18.7 Å². The first-order valence-electron chi connectivity index (χ1n) is 11.7. The van der Waals surface area contributed by atoms with Gasteiger partial charge in [-0.05, 0) is 42.9 Å². The van der Waals surface area contributed by atoms with Crippen LogP contribution >= 0.6 is 0 Å². The number of carbonyl (C=O) groups excluding carboxylic acids is 1. The van der Waals surface area contributed by atoms with Crippen molar-refractivity contribution in [3.63, 3.8) is 0 Å². The summed E-state index contributed by atoms with van der Waals surface area (Å²) in [7, 11) is 3.72. The lowest BCUT2D eigenvalue weighted by Crippen LogP contribution is -2.44. The van der Waals surface area contributed by atoms with E-state index in [2.05, 4.69) is 25.8 Å². The predicted octanol–water partition coefficient (Wildman–Crippen LogP) is 4.64. The van der Waals surface area contributed by atoms with Crippen molar-refractivity contribution in [1.29, 1.82) is 0 Å². The van der Waals surface area contributed by atoms with Crippen molar-refractivity contribution >= 4 is 28.5 Å². The third-order valence-electron chi connectivity index (χ3n) is 6.43. The van der Waals surface area contributed by atoms with Crippen molar-refractivity contribution in [2.75, 3.05) is 43.9 Å². The fourth-order valence-corrected chi connectivity index (χ4v) is 4.41. The number of nitrogens with zero attached hydrogens (tertiary/aromatic N) is 5. The van der Waals surface area contributed by atoms with Gasteiger partial charge in [0.05, 0.1) is 17.5 Å². The minimum absolute atomic E-state index is 0.0426. The predicted molar refractivity (Wildman–Crippen MR) is 133 cm³/mol. The Hall–Kier alpha value is -3.90. The van der Waals surface area contributed by atoms with Gasteiger partial charge in [-0.15, -0.1) is 0 Å². The zero-order chi connectivity index (χ0) is 26.2. The van der Waals surface area contributed by atoms with Gasteiger partial charge >= 0.3 is 12.2 Å². The van der Waals surface area contributed by atoms with Crippen molar-refractivity contribution in [1.82, 2.24) is 24.7 Å². The van der Waals surface area contributed by atoms with Gasteiger partial charge in [0.1, 0.15) is 0 Å². The molecule has 0 saturated carbocycles. The molecule has 2 aromatic carbocycles. The lowest BCUT2D eigenvalue weighted by molar-refractivity contribution is -0.138. The van der Waals surface area contributed by atoms with Crippen LogP contribution in [0.25, 0.3) is 22.2 Å². The molecule has 2 aromatic heterocycles. The summed E-state index contributed by atoms with van der Waals surface area (Å²) < 4.78 is 48.2. The molecule has 4 aromatic rings. The fraction of sp³-hybridized carbons (Fsp3) is 0.320. The molecule has 194 valence electrons. The standard InChI is InChI=1S/C25H26F3N7O2/c1-33-7-9-35(10-8-33)15-17-3-5-19(12-20(17)25(26,27)28)30-24(36)31-23-13-21(34(2)32-23)16-4-6-22-18(11-16)14-29-37-22/h3-6,11-14H,7-10,15H2,1-2H3,(H2,30,31,32,36). The average Bonchev–Trinajstić information content (AvgIpc) is 3.46. The number of aryl methyl sites for hydroxylation is 1. The maximum atomic E-state index is 13.8. The molecule has 1 saturated heterocycles. The fourth-order valence-electron chi connectivity index (χ4n) is 4.41. The van der Waals surface area contributed by atoms with Crippen LogP contribution in [0.5, 0.6) is 0 Å². The monoisotopic (exact) mass is 513 g/mol. The summed E-state index contributed by atoms with van der Waals surface area (Å²) in [6.45, 7) is 3.23. The molecule has 1 aliphatic heterocycles. The number of carbonyl (C=O) groups is 1. The highest BCUT2D eigenvalue weighted by molar-refractivity contribution is 5.99. The number of aromatic nitrogens is 3. The van der Waals surface area contributed by atoms with Gasteiger partial charge < -0.3 is 14.7 Å². The highest BCUT2D eigenvalue weighted by Gasteiger charge is 2.34. The van der Waals surface area contributed by atoms with Gasteiger partial charge in [0.2, 0.25) is 0 Å². The van der Waals surface area contributed by atoms with Gasteiger partial charge in [0.25, 0.3) is 0 Å². The van der Waals surface area contributed by atoms with Crippen LogP contribution < -0.4 is 10.6 Å². The van der Waals surface area contributed by atoms with Crippen molar-refractivity contribution in [2.24, 2.45) is 7.05 Å². The Balaban J connectivity index is 1.28. The molecular weight excluding hydrogens is 487 g/mol. The lowest BCUT2D eigenvalue weighted by atomic mass is 10.0. The van der Waals surface area contributed by atoms with Crippen LogP contribution in [0, 0.1) is 0 Å². The van der Waals surface area contributed by atoms with Crippen LogP contribution in [0.4, 0.5) is 29.5 Å². The third kappa shape index (κ3) is 5.59. The van der Waals surface area contributed by atoms with Gasteiger partial charge in [-0.2, -0.15) is 18.3 Å². The highest BCUT2D eigenvalue weighted by Crippen LogP contribution is 2.35. The quantitative estimate of drug-likeness (QED) is 0.404. The van der Waals surface area contributed by atoms with E-state index in [1.807, 2.05) is 24.1 Å². The summed E-state index contributed by atoms with van der Waals surface area (Å²) in [6.07, 6.45) is -2.94. The van der Waals surface area contributed by atoms with E-state index in [4.69, 9.17) is 4.52 Å². The van der Waals surface area contributed by atoms with Gasteiger partial charge in [-0.25, -0.2) is 4.79 Å². The maximum Gasteiger partial charge on any atom is 0.416 e. The summed E-state index contributed by atoms with van der Waals surface area (Å²) in [4.78, 5) is 16.7. The molecule has 2 amide bonds. The second kappa shape index (κ2) is 9.87. The number of nitrogens with one attached hydrogen (secondary N) is 2.